The molecule has 0 fully saturated rings. The van der Waals surface area contributed by atoms with E-state index in [1.807, 2.05) is 30.3 Å². The highest BCUT2D eigenvalue weighted by Gasteiger charge is 2.08. The molecule has 0 radical (unpaired) electrons. The van der Waals surface area contributed by atoms with Crippen molar-refractivity contribution < 1.29 is 0 Å². The second-order valence-corrected chi connectivity index (χ2v) is 4.20. The van der Waals surface area contributed by atoms with Gasteiger partial charge in [0.15, 0.2) is 0 Å². The van der Waals surface area contributed by atoms with Crippen molar-refractivity contribution in [3.63, 3.8) is 0 Å². The van der Waals surface area contributed by atoms with Crippen LogP contribution in [0.25, 0.3) is 22.3 Å². The van der Waals surface area contributed by atoms with Crippen LogP contribution in [0.4, 0.5) is 0 Å². The Bertz CT molecular complexity index is 761. The van der Waals surface area contributed by atoms with Gasteiger partial charge in [0, 0.05) is 42.1 Å². The summed E-state index contributed by atoms with van der Waals surface area (Å²) in [5.41, 5.74) is 4.13. The smallest absolute Gasteiger partial charge is 0.148 e. The molecule has 0 N–H and O–H groups in total. The molecule has 20 heavy (non-hydrogen) atoms. The van der Waals surface area contributed by atoms with E-state index in [1.165, 1.54) is 0 Å². The quantitative estimate of drug-likeness (QED) is 0.708. The maximum Gasteiger partial charge on any atom is 0.148 e. The van der Waals surface area contributed by atoms with E-state index < -0.39 is 0 Å². The van der Waals surface area contributed by atoms with E-state index in [0.29, 0.717) is 5.69 Å². The maximum atomic E-state index is 9.20. The summed E-state index contributed by atoms with van der Waals surface area (Å²) in [5.74, 6) is 0. The van der Waals surface area contributed by atoms with Crippen molar-refractivity contribution in [2.75, 3.05) is 0 Å². The Balaban J connectivity index is 2.16. The van der Waals surface area contributed by atoms with Gasteiger partial charge in [0.25, 0.3) is 0 Å². The zero-order valence-corrected chi connectivity index (χ0v) is 10.6. The third-order valence-corrected chi connectivity index (χ3v) is 3.00. The van der Waals surface area contributed by atoms with E-state index in [1.54, 1.807) is 31.0 Å². The Kier molecular flexibility index (Phi) is 3.17. The Labute approximate surface area is 116 Å². The second-order valence-electron chi connectivity index (χ2n) is 4.20. The van der Waals surface area contributed by atoms with Crippen molar-refractivity contribution in [3.05, 3.63) is 67.0 Å². The lowest BCUT2D eigenvalue weighted by Crippen LogP contribution is -1.91. The lowest BCUT2D eigenvalue weighted by Gasteiger charge is -2.07. The third-order valence-electron chi connectivity index (χ3n) is 3.00. The molecule has 0 saturated carbocycles. The van der Waals surface area contributed by atoms with Crippen LogP contribution in [0.2, 0.25) is 0 Å². The lowest BCUT2D eigenvalue weighted by atomic mass is 10.0. The van der Waals surface area contributed by atoms with Crippen molar-refractivity contribution in [2.24, 2.45) is 0 Å². The molecular weight excluding hydrogens is 248 g/mol. The molecule has 0 amide bonds. The van der Waals surface area contributed by atoms with Crippen LogP contribution >= 0.6 is 0 Å². The van der Waals surface area contributed by atoms with Gasteiger partial charge in [-0.2, -0.15) is 5.26 Å². The highest BCUT2D eigenvalue weighted by Crippen LogP contribution is 2.27. The van der Waals surface area contributed by atoms with Gasteiger partial charge in [-0.25, -0.2) is 4.98 Å². The molecule has 4 nitrogen and oxygen atoms in total. The van der Waals surface area contributed by atoms with E-state index in [-0.39, 0.29) is 0 Å². The van der Waals surface area contributed by atoms with E-state index in [4.69, 9.17) is 0 Å². The summed E-state index contributed by atoms with van der Waals surface area (Å²) >= 11 is 0. The minimum atomic E-state index is 0.411. The molecule has 0 aliphatic heterocycles. The van der Waals surface area contributed by atoms with Crippen LogP contribution in [0.1, 0.15) is 5.69 Å². The highest BCUT2D eigenvalue weighted by molar-refractivity contribution is 5.75. The zero-order chi connectivity index (χ0) is 13.8. The third kappa shape index (κ3) is 2.25. The Morgan fingerprint density at radius 2 is 1.40 bits per heavy atom. The van der Waals surface area contributed by atoms with E-state index in [0.717, 1.165) is 22.3 Å². The fourth-order valence-corrected chi connectivity index (χ4v) is 2.01. The Morgan fingerprint density at radius 3 is 2.00 bits per heavy atom. The molecule has 3 rings (SSSR count). The van der Waals surface area contributed by atoms with Gasteiger partial charge < -0.3 is 0 Å². The molecule has 0 aliphatic carbocycles. The number of rotatable bonds is 2. The van der Waals surface area contributed by atoms with Crippen LogP contribution in [-0.4, -0.2) is 15.0 Å². The SMILES string of the molecule is N#Cc1ncc(-c2ccncc2)cc1-c1ccncc1. The molecule has 4 heteroatoms. The summed E-state index contributed by atoms with van der Waals surface area (Å²) in [6, 6.07) is 11.7. The van der Waals surface area contributed by atoms with Crippen molar-refractivity contribution in [2.45, 2.75) is 0 Å². The fraction of sp³-hybridized carbons (Fsp3) is 0. The van der Waals surface area contributed by atoms with E-state index in [9.17, 15) is 5.26 Å². The van der Waals surface area contributed by atoms with Gasteiger partial charge in [-0.1, -0.05) is 0 Å². The fourth-order valence-electron chi connectivity index (χ4n) is 2.01. The van der Waals surface area contributed by atoms with Gasteiger partial charge in [-0.3, -0.25) is 9.97 Å². The monoisotopic (exact) mass is 258 g/mol. The largest absolute Gasteiger partial charge is 0.265 e. The topological polar surface area (TPSA) is 62.5 Å². The predicted octanol–water partition coefficient (Wildman–Crippen LogP) is 3.08. The normalized spacial score (nSPS) is 9.95. The van der Waals surface area contributed by atoms with Crippen LogP contribution in [0, 0.1) is 11.3 Å². The first-order valence-electron chi connectivity index (χ1n) is 6.09. The molecular formula is C16H10N4. The molecule has 0 aromatic carbocycles. The summed E-state index contributed by atoms with van der Waals surface area (Å²) in [6.07, 6.45) is 8.59. The first-order valence-corrected chi connectivity index (χ1v) is 6.09. The number of nitrogens with zero attached hydrogens (tertiary/aromatic N) is 4. The first-order chi connectivity index (χ1) is 9.88. The van der Waals surface area contributed by atoms with Crippen molar-refractivity contribution in [1.82, 2.24) is 15.0 Å². The summed E-state index contributed by atoms with van der Waals surface area (Å²) in [6.45, 7) is 0. The second kappa shape index (κ2) is 5.29. The average Bonchev–Trinajstić information content (AvgIpc) is 2.56. The zero-order valence-electron chi connectivity index (χ0n) is 10.6. The lowest BCUT2D eigenvalue weighted by molar-refractivity contribution is 1.25. The summed E-state index contributed by atoms with van der Waals surface area (Å²) in [5, 5.41) is 9.20. The predicted molar refractivity (Wildman–Crippen MR) is 75.4 cm³/mol. The Morgan fingerprint density at radius 1 is 0.800 bits per heavy atom. The number of aromatic nitrogens is 3. The van der Waals surface area contributed by atoms with Crippen LogP contribution in [0.5, 0.6) is 0 Å². The van der Waals surface area contributed by atoms with Crippen molar-refractivity contribution in [1.29, 1.82) is 5.26 Å². The summed E-state index contributed by atoms with van der Waals surface area (Å²) in [4.78, 5) is 12.2. The summed E-state index contributed by atoms with van der Waals surface area (Å²) < 4.78 is 0. The Hall–Kier alpha value is -3.06. The first kappa shape index (κ1) is 12.0. The highest BCUT2D eigenvalue weighted by atomic mass is 14.7. The molecule has 0 atom stereocenters. The van der Waals surface area contributed by atoms with Gasteiger partial charge in [-0.05, 0) is 41.5 Å². The molecule has 0 aliphatic rings. The molecule has 0 bridgehead atoms. The van der Waals surface area contributed by atoms with Gasteiger partial charge in [0.2, 0.25) is 0 Å². The number of nitriles is 1. The molecule has 3 heterocycles. The van der Waals surface area contributed by atoms with Crippen LogP contribution in [0.3, 0.4) is 0 Å². The molecule has 0 saturated heterocycles. The molecule has 3 aromatic rings. The van der Waals surface area contributed by atoms with Crippen LogP contribution < -0.4 is 0 Å². The van der Waals surface area contributed by atoms with Gasteiger partial charge in [0.05, 0.1) is 0 Å². The van der Waals surface area contributed by atoms with Crippen molar-refractivity contribution in [3.8, 4) is 28.3 Å². The standard InChI is InChI=1S/C16H10N4/c17-10-16-15(13-3-7-19-8-4-13)9-14(11-20-16)12-1-5-18-6-2-12/h1-9,11H. The molecule has 94 valence electrons. The van der Waals surface area contributed by atoms with Crippen LogP contribution in [0.15, 0.2) is 61.3 Å². The van der Waals surface area contributed by atoms with Gasteiger partial charge in [0.1, 0.15) is 11.8 Å². The molecule has 3 aromatic heterocycles. The molecule has 0 unspecified atom stereocenters. The maximum absolute atomic E-state index is 9.20. The minimum Gasteiger partial charge on any atom is -0.265 e. The van der Waals surface area contributed by atoms with Crippen LogP contribution in [-0.2, 0) is 0 Å². The van der Waals surface area contributed by atoms with E-state index >= 15 is 0 Å². The van der Waals surface area contributed by atoms with Gasteiger partial charge >= 0.3 is 0 Å². The average molecular weight is 258 g/mol. The minimum absolute atomic E-state index is 0.411. The number of hydrogen-bond acceptors (Lipinski definition) is 4. The van der Waals surface area contributed by atoms with Crippen molar-refractivity contribution >= 4 is 0 Å². The molecule has 0 spiro atoms. The number of hydrogen-bond donors (Lipinski definition) is 0. The van der Waals surface area contributed by atoms with Gasteiger partial charge in [-0.15, -0.1) is 0 Å². The summed E-state index contributed by atoms with van der Waals surface area (Å²) in [7, 11) is 0. The van der Waals surface area contributed by atoms with E-state index in [2.05, 4.69) is 21.0 Å². The number of pyridine rings is 3.